The topological polar surface area (TPSA) is 58.6 Å². The zero-order valence-electron chi connectivity index (χ0n) is 24.8. The monoisotopic (exact) mass is 608 g/mol. The third-order valence-corrected chi connectivity index (χ3v) is 7.29. The highest BCUT2D eigenvalue weighted by Gasteiger charge is 2.29. The Morgan fingerprint density at radius 1 is 0.795 bits per heavy atom. The van der Waals surface area contributed by atoms with Crippen molar-refractivity contribution < 1.29 is 31.9 Å². The van der Waals surface area contributed by atoms with Crippen molar-refractivity contribution in [2.75, 3.05) is 26.2 Å². The molecule has 1 amide bonds. The molecule has 0 aromatic heterocycles. The van der Waals surface area contributed by atoms with Crippen LogP contribution in [0, 0.1) is 23.3 Å². The minimum absolute atomic E-state index is 0.131. The van der Waals surface area contributed by atoms with Crippen LogP contribution in [-0.4, -0.2) is 48.9 Å². The number of ether oxygens (including phenoxy) is 1. The number of nitrogens with one attached hydrogen (secondary N) is 1. The molecule has 0 radical (unpaired) electrons. The number of halogens is 4. The molecule has 1 aliphatic carbocycles. The third kappa shape index (κ3) is 8.89. The minimum atomic E-state index is -1.06. The first-order valence-electron chi connectivity index (χ1n) is 14.8. The second kappa shape index (κ2) is 15.5. The molecule has 0 bridgehead atoms. The lowest BCUT2D eigenvalue weighted by atomic mass is 9.83. The zero-order valence-corrected chi connectivity index (χ0v) is 24.8. The van der Waals surface area contributed by atoms with Crippen molar-refractivity contribution in [3.63, 3.8) is 0 Å². The molecular weight excluding hydrogens is 572 g/mol. The van der Waals surface area contributed by atoms with Gasteiger partial charge in [-0.3, -0.25) is 14.5 Å². The molecule has 232 valence electrons. The molecule has 0 saturated heterocycles. The van der Waals surface area contributed by atoms with E-state index in [9.17, 15) is 27.2 Å². The first-order chi connectivity index (χ1) is 21.2. The summed E-state index contributed by atoms with van der Waals surface area (Å²) in [5, 5.41) is 2.95. The normalized spacial score (nSPS) is 17.0. The van der Waals surface area contributed by atoms with Crippen molar-refractivity contribution >= 4 is 23.8 Å². The number of carbonyl (C=O) groups excluding carboxylic acids is 2. The van der Waals surface area contributed by atoms with Crippen molar-refractivity contribution in [2.24, 2.45) is 0 Å². The largest absolute Gasteiger partial charge is 0.492 e. The van der Waals surface area contributed by atoms with Crippen LogP contribution in [0.25, 0.3) is 12.2 Å². The Labute approximate surface area is 255 Å². The molecule has 3 aromatic rings. The highest BCUT2D eigenvalue weighted by molar-refractivity contribution is 6.14. The van der Waals surface area contributed by atoms with E-state index >= 15 is 0 Å². The summed E-state index contributed by atoms with van der Waals surface area (Å²) in [5.74, 6) is -4.26. The number of nitrogens with zero attached hydrogens (tertiary/aromatic N) is 1. The van der Waals surface area contributed by atoms with Gasteiger partial charge in [0, 0.05) is 29.3 Å². The lowest BCUT2D eigenvalue weighted by Gasteiger charge is -2.27. The fourth-order valence-corrected chi connectivity index (χ4v) is 5.18. The number of hydrogen-bond donors (Lipinski definition) is 1. The Kier molecular flexibility index (Phi) is 11.5. The molecule has 3 aromatic carbocycles. The van der Waals surface area contributed by atoms with Gasteiger partial charge in [-0.2, -0.15) is 0 Å². The molecule has 1 aliphatic rings. The lowest BCUT2D eigenvalue weighted by molar-refractivity contribution is -0.113. The molecule has 0 unspecified atom stereocenters. The van der Waals surface area contributed by atoms with Gasteiger partial charge in [0.15, 0.2) is 29.1 Å². The van der Waals surface area contributed by atoms with E-state index in [4.69, 9.17) is 4.74 Å². The van der Waals surface area contributed by atoms with Crippen LogP contribution < -0.4 is 10.1 Å². The standard InChI is InChI=1S/C35H36F4N2O3/c1-3-13-41(14-4-2)15-16-44-29-9-7-25(8-10-29)35(43)40-28-21-26(17-23-5-11-30(36)32(38)19-23)34(42)27(22-28)18-24-6-12-31(37)33(39)20-24/h5-12,17-20,28H,3-4,13-16,21-22H2,1-2H3,(H,40,43)/b26-17+,27-18+. The summed E-state index contributed by atoms with van der Waals surface area (Å²) >= 11 is 0. The number of rotatable bonds is 12. The first kappa shape index (κ1) is 32.7. The second-order valence-corrected chi connectivity index (χ2v) is 10.8. The SMILES string of the molecule is CCCN(CCC)CCOc1ccc(C(=O)NC2C/C(=C\c3ccc(F)c(F)c3)C(=O)/C(=C/c3ccc(F)c(F)c3)C2)cc1. The maximum Gasteiger partial charge on any atom is 0.251 e. The number of hydrogen-bond acceptors (Lipinski definition) is 4. The van der Waals surface area contributed by atoms with Gasteiger partial charge in [-0.25, -0.2) is 17.6 Å². The highest BCUT2D eigenvalue weighted by Crippen LogP contribution is 2.29. The summed E-state index contributed by atoms with van der Waals surface area (Å²) in [5.41, 5.74) is 1.45. The second-order valence-electron chi connectivity index (χ2n) is 10.8. The van der Waals surface area contributed by atoms with Crippen LogP contribution in [0.4, 0.5) is 17.6 Å². The number of ketones is 1. The predicted molar refractivity (Wildman–Crippen MR) is 163 cm³/mol. The van der Waals surface area contributed by atoms with E-state index in [-0.39, 0.29) is 46.8 Å². The van der Waals surface area contributed by atoms with E-state index in [1.165, 1.54) is 24.3 Å². The first-order valence-corrected chi connectivity index (χ1v) is 14.8. The molecule has 44 heavy (non-hydrogen) atoms. The van der Waals surface area contributed by atoms with E-state index in [0.717, 1.165) is 56.7 Å². The van der Waals surface area contributed by atoms with Crippen molar-refractivity contribution in [2.45, 2.75) is 45.6 Å². The van der Waals surface area contributed by atoms with Gasteiger partial charge in [-0.15, -0.1) is 0 Å². The van der Waals surface area contributed by atoms with Gasteiger partial charge in [-0.05, 0) is 111 Å². The summed E-state index contributed by atoms with van der Waals surface area (Å²) in [6.07, 6.45) is 5.29. The Morgan fingerprint density at radius 2 is 1.32 bits per heavy atom. The lowest BCUT2D eigenvalue weighted by Crippen LogP contribution is -2.39. The number of amides is 1. The van der Waals surface area contributed by atoms with E-state index < -0.39 is 29.3 Å². The smallest absolute Gasteiger partial charge is 0.251 e. The van der Waals surface area contributed by atoms with E-state index in [1.807, 2.05) is 0 Å². The molecule has 4 rings (SSSR count). The van der Waals surface area contributed by atoms with Crippen molar-refractivity contribution in [3.05, 3.63) is 112 Å². The van der Waals surface area contributed by atoms with Crippen LogP contribution >= 0.6 is 0 Å². The average molecular weight is 609 g/mol. The summed E-state index contributed by atoms with van der Waals surface area (Å²) in [4.78, 5) is 28.9. The Bertz CT molecular complexity index is 1460. The molecule has 1 saturated carbocycles. The summed E-state index contributed by atoms with van der Waals surface area (Å²) in [6.45, 7) is 7.65. The molecule has 0 spiro atoms. The van der Waals surface area contributed by atoms with Crippen LogP contribution in [0.3, 0.4) is 0 Å². The Balaban J connectivity index is 1.49. The fraction of sp³-hybridized carbons (Fsp3) is 0.314. The van der Waals surface area contributed by atoms with Gasteiger partial charge in [0.2, 0.25) is 0 Å². The zero-order chi connectivity index (χ0) is 31.6. The summed E-state index contributed by atoms with van der Waals surface area (Å²) in [6, 6.07) is 12.8. The van der Waals surface area contributed by atoms with E-state index in [2.05, 4.69) is 24.1 Å². The maximum atomic E-state index is 13.9. The fourth-order valence-electron chi connectivity index (χ4n) is 5.18. The number of Topliss-reactive ketones (excluding diaryl/α,β-unsaturated/α-hetero) is 1. The molecule has 5 nitrogen and oxygen atoms in total. The van der Waals surface area contributed by atoms with Crippen LogP contribution in [-0.2, 0) is 4.79 Å². The van der Waals surface area contributed by atoms with E-state index in [1.54, 1.807) is 24.3 Å². The third-order valence-electron chi connectivity index (χ3n) is 7.29. The molecule has 0 atom stereocenters. The van der Waals surface area contributed by atoms with Gasteiger partial charge in [0.1, 0.15) is 12.4 Å². The van der Waals surface area contributed by atoms with E-state index in [0.29, 0.717) is 17.9 Å². The molecule has 0 aliphatic heterocycles. The molecule has 0 heterocycles. The molecule has 1 fully saturated rings. The number of carbonyl (C=O) groups is 2. The van der Waals surface area contributed by atoms with Gasteiger partial charge < -0.3 is 10.1 Å². The van der Waals surface area contributed by atoms with Crippen LogP contribution in [0.5, 0.6) is 5.75 Å². The highest BCUT2D eigenvalue weighted by atomic mass is 19.2. The maximum absolute atomic E-state index is 13.9. The summed E-state index contributed by atoms with van der Waals surface area (Å²) in [7, 11) is 0. The number of benzene rings is 3. The summed E-state index contributed by atoms with van der Waals surface area (Å²) < 4.78 is 60.5. The van der Waals surface area contributed by atoms with Crippen molar-refractivity contribution in [3.8, 4) is 5.75 Å². The quantitative estimate of drug-likeness (QED) is 0.172. The van der Waals surface area contributed by atoms with Crippen LogP contribution in [0.1, 0.15) is 61.0 Å². The van der Waals surface area contributed by atoms with Gasteiger partial charge in [0.05, 0.1) is 0 Å². The van der Waals surface area contributed by atoms with Gasteiger partial charge >= 0.3 is 0 Å². The Hall–Kier alpha value is -4.24. The average Bonchev–Trinajstić information content (AvgIpc) is 2.99. The molecule has 1 N–H and O–H groups in total. The molecular formula is C35H36F4N2O3. The Morgan fingerprint density at radius 3 is 1.80 bits per heavy atom. The minimum Gasteiger partial charge on any atom is -0.492 e. The molecule has 9 heteroatoms. The van der Waals surface area contributed by atoms with Crippen LogP contribution in [0.2, 0.25) is 0 Å². The van der Waals surface area contributed by atoms with Crippen molar-refractivity contribution in [1.82, 2.24) is 10.2 Å². The van der Waals surface area contributed by atoms with Gasteiger partial charge in [-0.1, -0.05) is 26.0 Å². The van der Waals surface area contributed by atoms with Crippen LogP contribution in [0.15, 0.2) is 71.8 Å². The van der Waals surface area contributed by atoms with Gasteiger partial charge in [0.25, 0.3) is 5.91 Å². The predicted octanol–water partition coefficient (Wildman–Crippen LogP) is 7.37. The van der Waals surface area contributed by atoms with Crippen molar-refractivity contribution in [1.29, 1.82) is 0 Å².